The summed E-state index contributed by atoms with van der Waals surface area (Å²) in [5, 5.41) is 0.620. The molecule has 1 aromatic carbocycles. The first-order valence-corrected chi connectivity index (χ1v) is 6.45. The summed E-state index contributed by atoms with van der Waals surface area (Å²) in [6, 6.07) is 6.41. The number of hydrogen-bond donors (Lipinski definition) is 1. The smallest absolute Gasteiger partial charge is 0.329 e. The molecule has 16 heavy (non-hydrogen) atoms. The molecule has 0 unspecified atom stereocenters. The first-order valence-electron chi connectivity index (χ1n) is 4.41. The normalized spacial score (nSPS) is 12.0. The zero-order valence-electron chi connectivity index (χ0n) is 8.26. The lowest BCUT2D eigenvalue weighted by Crippen LogP contribution is -2.00. The second kappa shape index (κ2) is 4.18. The molecule has 86 valence electrons. The van der Waals surface area contributed by atoms with Gasteiger partial charge in [-0.1, -0.05) is 18.0 Å². The van der Waals surface area contributed by atoms with Gasteiger partial charge in [-0.05, 0) is 18.2 Å². The van der Waals surface area contributed by atoms with Crippen LogP contribution in [0.5, 0.6) is 0 Å². The molecule has 0 spiro atoms. The van der Waals surface area contributed by atoms with E-state index in [0.717, 1.165) is 17.0 Å². The lowest BCUT2D eigenvalue weighted by atomic mass is 10.2. The van der Waals surface area contributed by atoms with Gasteiger partial charge in [0.25, 0.3) is 0 Å². The molecule has 1 N–H and O–H groups in total. The highest BCUT2D eigenvalue weighted by molar-refractivity contribution is 7.99. The Balaban J connectivity index is 2.57. The number of alkyl halides is 3. The van der Waals surface area contributed by atoms with Crippen LogP contribution in [0.4, 0.5) is 18.9 Å². The van der Waals surface area contributed by atoms with Crippen molar-refractivity contribution in [1.82, 2.24) is 0 Å². The number of thiophene rings is 1. The molecule has 2 aromatic rings. The van der Waals surface area contributed by atoms with Crippen LogP contribution in [-0.4, -0.2) is 6.26 Å². The van der Waals surface area contributed by atoms with Gasteiger partial charge < -0.3 is 4.72 Å². The molecule has 0 saturated carbocycles. The molecule has 2 rings (SSSR count). The number of hydrogen-bond acceptors (Lipinski definition) is 3. The Morgan fingerprint density at radius 1 is 1.31 bits per heavy atom. The van der Waals surface area contributed by atoms with Gasteiger partial charge in [-0.15, -0.1) is 11.3 Å². The second-order valence-electron chi connectivity index (χ2n) is 3.13. The number of fused-ring (bicyclic) bond motifs is 1. The largest absolute Gasteiger partial charge is 0.425 e. The van der Waals surface area contributed by atoms with E-state index < -0.39 is 11.1 Å². The van der Waals surface area contributed by atoms with Crippen LogP contribution in [0, 0.1) is 0 Å². The van der Waals surface area contributed by atoms with Crippen LogP contribution in [0.3, 0.4) is 0 Å². The highest BCUT2D eigenvalue weighted by atomic mass is 32.2. The molecule has 6 heteroatoms. The van der Waals surface area contributed by atoms with Crippen LogP contribution in [0.15, 0.2) is 24.3 Å². The molecule has 0 saturated heterocycles. The Morgan fingerprint density at radius 3 is 2.69 bits per heavy atom. The van der Waals surface area contributed by atoms with Crippen molar-refractivity contribution in [2.24, 2.45) is 0 Å². The maximum absolute atomic E-state index is 12.5. The number of benzene rings is 1. The summed E-state index contributed by atoms with van der Waals surface area (Å²) >= 11 is 2.13. The summed E-state index contributed by atoms with van der Waals surface area (Å²) in [5.74, 6) is 0. The molecule has 0 aliphatic heterocycles. The monoisotopic (exact) mass is 263 g/mol. The van der Waals surface area contributed by atoms with Gasteiger partial charge in [0, 0.05) is 16.3 Å². The lowest BCUT2D eigenvalue weighted by molar-refractivity contribution is -0.134. The van der Waals surface area contributed by atoms with Crippen molar-refractivity contribution in [3.8, 4) is 0 Å². The summed E-state index contributed by atoms with van der Waals surface area (Å²) in [5.41, 5.74) is 0.719. The Labute approximate surface area is 98.8 Å². The van der Waals surface area contributed by atoms with E-state index in [0.29, 0.717) is 10.1 Å². The molecular formula is C10H8F3NS2. The van der Waals surface area contributed by atoms with Gasteiger partial charge in [0.05, 0.1) is 5.69 Å². The van der Waals surface area contributed by atoms with Crippen molar-refractivity contribution in [3.05, 3.63) is 29.1 Å². The average Bonchev–Trinajstić information content (AvgIpc) is 2.62. The zero-order chi connectivity index (χ0) is 11.8. The van der Waals surface area contributed by atoms with Crippen molar-refractivity contribution >= 4 is 39.1 Å². The third-order valence-corrected chi connectivity index (χ3v) is 3.62. The first kappa shape index (κ1) is 11.6. The van der Waals surface area contributed by atoms with E-state index in [1.807, 2.05) is 6.26 Å². The van der Waals surface area contributed by atoms with E-state index in [-0.39, 0.29) is 0 Å². The first-order chi connectivity index (χ1) is 7.52. The van der Waals surface area contributed by atoms with Crippen LogP contribution in [0.1, 0.15) is 4.88 Å². The van der Waals surface area contributed by atoms with Crippen LogP contribution >= 0.6 is 23.3 Å². The van der Waals surface area contributed by atoms with Crippen molar-refractivity contribution in [2.45, 2.75) is 6.18 Å². The number of halogens is 3. The molecule has 0 atom stereocenters. The lowest BCUT2D eigenvalue weighted by Gasteiger charge is -2.02. The predicted molar refractivity (Wildman–Crippen MR) is 64.0 cm³/mol. The average molecular weight is 263 g/mol. The summed E-state index contributed by atoms with van der Waals surface area (Å²) in [6.45, 7) is 0. The van der Waals surface area contributed by atoms with E-state index in [9.17, 15) is 13.2 Å². The molecule has 0 bridgehead atoms. The van der Waals surface area contributed by atoms with E-state index in [2.05, 4.69) is 4.72 Å². The summed E-state index contributed by atoms with van der Waals surface area (Å²) < 4.78 is 41.2. The fourth-order valence-electron chi connectivity index (χ4n) is 1.40. The van der Waals surface area contributed by atoms with Gasteiger partial charge in [0.15, 0.2) is 0 Å². The van der Waals surface area contributed by atoms with Gasteiger partial charge in [0.2, 0.25) is 0 Å². The Morgan fingerprint density at radius 2 is 2.06 bits per heavy atom. The zero-order valence-corrected chi connectivity index (χ0v) is 9.89. The maximum Gasteiger partial charge on any atom is 0.425 e. The SMILES string of the molecule is CSNc1cccc2sc(C(F)(F)F)cc12. The molecule has 0 radical (unpaired) electrons. The molecule has 1 heterocycles. The summed E-state index contributed by atoms with van der Waals surface area (Å²) in [7, 11) is 0. The standard InChI is InChI=1S/C10H8F3NS2/c1-15-14-7-3-2-4-8-6(7)5-9(16-8)10(11,12)13/h2-5,14H,1H3. The topological polar surface area (TPSA) is 12.0 Å². The van der Waals surface area contributed by atoms with E-state index >= 15 is 0 Å². The van der Waals surface area contributed by atoms with Crippen LogP contribution in [0.25, 0.3) is 10.1 Å². The molecule has 0 aliphatic rings. The highest BCUT2D eigenvalue weighted by Crippen LogP contribution is 2.40. The summed E-state index contributed by atoms with van der Waals surface area (Å²) in [6.07, 6.45) is -2.43. The van der Waals surface area contributed by atoms with Crippen molar-refractivity contribution < 1.29 is 13.2 Å². The third-order valence-electron chi connectivity index (χ3n) is 2.05. The molecule has 0 fully saturated rings. The minimum atomic E-state index is -4.26. The fourth-order valence-corrected chi connectivity index (χ4v) is 2.75. The predicted octanol–water partition coefficient (Wildman–Crippen LogP) is 4.61. The quantitative estimate of drug-likeness (QED) is 0.794. The summed E-state index contributed by atoms with van der Waals surface area (Å²) in [4.78, 5) is -0.558. The van der Waals surface area contributed by atoms with E-state index in [1.54, 1.807) is 18.2 Å². The van der Waals surface area contributed by atoms with Crippen molar-refractivity contribution in [3.63, 3.8) is 0 Å². The Kier molecular flexibility index (Phi) is 3.03. The fraction of sp³-hybridized carbons (Fsp3) is 0.200. The van der Waals surface area contributed by atoms with E-state index in [4.69, 9.17) is 0 Å². The van der Waals surface area contributed by atoms with Crippen LogP contribution in [-0.2, 0) is 6.18 Å². The maximum atomic E-state index is 12.5. The highest BCUT2D eigenvalue weighted by Gasteiger charge is 2.32. The van der Waals surface area contributed by atoms with Gasteiger partial charge in [-0.3, -0.25) is 0 Å². The van der Waals surface area contributed by atoms with Crippen molar-refractivity contribution in [2.75, 3.05) is 11.0 Å². The molecule has 0 amide bonds. The van der Waals surface area contributed by atoms with E-state index in [1.165, 1.54) is 18.0 Å². The third kappa shape index (κ3) is 2.12. The molecule has 1 nitrogen and oxygen atoms in total. The van der Waals surface area contributed by atoms with Crippen LogP contribution < -0.4 is 4.72 Å². The number of anilines is 1. The van der Waals surface area contributed by atoms with Gasteiger partial charge >= 0.3 is 6.18 Å². The van der Waals surface area contributed by atoms with Crippen molar-refractivity contribution in [1.29, 1.82) is 0 Å². The number of rotatable bonds is 2. The van der Waals surface area contributed by atoms with Crippen LogP contribution in [0.2, 0.25) is 0 Å². The Hall–Kier alpha value is -0.880. The second-order valence-corrected chi connectivity index (χ2v) is 4.83. The minimum Gasteiger partial charge on any atom is -0.329 e. The van der Waals surface area contributed by atoms with Gasteiger partial charge in [-0.25, -0.2) is 0 Å². The van der Waals surface area contributed by atoms with Gasteiger partial charge in [-0.2, -0.15) is 13.2 Å². The number of nitrogens with one attached hydrogen (secondary N) is 1. The van der Waals surface area contributed by atoms with Gasteiger partial charge in [0.1, 0.15) is 4.88 Å². The Bertz CT molecular complexity index is 504. The molecule has 0 aliphatic carbocycles. The minimum absolute atomic E-state index is 0.558. The molecular weight excluding hydrogens is 255 g/mol. The molecule has 1 aromatic heterocycles.